The van der Waals surface area contributed by atoms with Gasteiger partial charge in [0.2, 0.25) is 0 Å². The van der Waals surface area contributed by atoms with E-state index in [-0.39, 0.29) is 11.5 Å². The minimum absolute atomic E-state index is 0.267. The van der Waals surface area contributed by atoms with E-state index >= 15 is 0 Å². The number of fused-ring (bicyclic) bond motifs is 1. The summed E-state index contributed by atoms with van der Waals surface area (Å²) >= 11 is 0. The maximum Gasteiger partial charge on any atom is 0.146 e. The zero-order valence-electron chi connectivity index (χ0n) is 10.8. The molecule has 0 aromatic heterocycles. The smallest absolute Gasteiger partial charge is 0.146 e. The summed E-state index contributed by atoms with van der Waals surface area (Å²) in [5.74, 6) is -0.267. The van der Waals surface area contributed by atoms with Crippen LogP contribution in [-0.4, -0.2) is 13.2 Å². The van der Waals surface area contributed by atoms with Gasteiger partial charge in [0.25, 0.3) is 0 Å². The molecule has 1 fully saturated rings. The van der Waals surface area contributed by atoms with Crippen molar-refractivity contribution in [3.8, 4) is 0 Å². The van der Waals surface area contributed by atoms with Crippen molar-refractivity contribution in [3.63, 3.8) is 0 Å². The maximum atomic E-state index is 13.5. The monoisotopic (exact) mass is 249 g/mol. The number of hydrogen-bond donors (Lipinski definition) is 1. The van der Waals surface area contributed by atoms with E-state index in [0.29, 0.717) is 11.5 Å². The second-order valence-corrected chi connectivity index (χ2v) is 5.93. The first-order valence-corrected chi connectivity index (χ1v) is 6.71. The van der Waals surface area contributed by atoms with E-state index < -0.39 is 0 Å². The van der Waals surface area contributed by atoms with Gasteiger partial charge in [0.05, 0.1) is 11.8 Å². The number of hydrogen-bond acceptors (Lipinski definition) is 2. The normalized spacial score (nSPS) is 30.7. The fourth-order valence-electron chi connectivity index (χ4n) is 3.67. The largest absolute Gasteiger partial charge is 0.396 e. The SMILES string of the molecule is COC1CCC2(CC1)Cc1cc(N)c(F)cc1C2. The van der Waals surface area contributed by atoms with Gasteiger partial charge in [-0.05, 0) is 67.2 Å². The van der Waals surface area contributed by atoms with E-state index in [4.69, 9.17) is 10.5 Å². The molecule has 0 aliphatic heterocycles. The van der Waals surface area contributed by atoms with Crippen molar-refractivity contribution in [2.24, 2.45) is 5.41 Å². The lowest BCUT2D eigenvalue weighted by molar-refractivity contribution is 0.0298. The number of methoxy groups -OCH3 is 1. The number of ether oxygens (including phenoxy) is 1. The van der Waals surface area contributed by atoms with Crippen LogP contribution in [0.2, 0.25) is 0 Å². The molecule has 2 N–H and O–H groups in total. The molecule has 3 rings (SSSR count). The molecule has 0 radical (unpaired) electrons. The summed E-state index contributed by atoms with van der Waals surface area (Å²) in [4.78, 5) is 0. The van der Waals surface area contributed by atoms with Crippen LogP contribution < -0.4 is 5.73 Å². The van der Waals surface area contributed by atoms with E-state index in [1.165, 1.54) is 18.4 Å². The second kappa shape index (κ2) is 4.23. The highest BCUT2D eigenvalue weighted by atomic mass is 19.1. The molecule has 0 bridgehead atoms. The molecule has 3 heteroatoms. The van der Waals surface area contributed by atoms with Crippen LogP contribution in [-0.2, 0) is 17.6 Å². The first-order chi connectivity index (χ1) is 8.62. The Balaban J connectivity index is 1.80. The Kier molecular flexibility index (Phi) is 2.81. The van der Waals surface area contributed by atoms with E-state index in [0.717, 1.165) is 31.2 Å². The van der Waals surface area contributed by atoms with Crippen LogP contribution in [0.3, 0.4) is 0 Å². The van der Waals surface area contributed by atoms with Crippen LogP contribution in [0.15, 0.2) is 12.1 Å². The van der Waals surface area contributed by atoms with Gasteiger partial charge < -0.3 is 10.5 Å². The molecule has 0 unspecified atom stereocenters. The van der Waals surface area contributed by atoms with Gasteiger partial charge >= 0.3 is 0 Å². The summed E-state index contributed by atoms with van der Waals surface area (Å²) in [6.45, 7) is 0. The van der Waals surface area contributed by atoms with Gasteiger partial charge in [-0.3, -0.25) is 0 Å². The summed E-state index contributed by atoms with van der Waals surface area (Å²) in [7, 11) is 1.79. The second-order valence-electron chi connectivity index (χ2n) is 5.93. The number of halogens is 1. The Morgan fingerprint density at radius 3 is 2.44 bits per heavy atom. The number of benzene rings is 1. The third-order valence-electron chi connectivity index (χ3n) is 4.78. The minimum atomic E-state index is -0.267. The quantitative estimate of drug-likeness (QED) is 0.776. The Morgan fingerprint density at radius 2 is 1.83 bits per heavy atom. The Bertz CT molecular complexity index is 431. The van der Waals surface area contributed by atoms with Crippen molar-refractivity contribution in [3.05, 3.63) is 29.1 Å². The molecule has 0 amide bonds. The summed E-state index contributed by atoms with van der Waals surface area (Å²) in [5.41, 5.74) is 8.71. The van der Waals surface area contributed by atoms with Crippen molar-refractivity contribution in [2.75, 3.05) is 12.8 Å². The minimum Gasteiger partial charge on any atom is -0.396 e. The van der Waals surface area contributed by atoms with E-state index in [2.05, 4.69) is 0 Å². The Morgan fingerprint density at radius 1 is 1.22 bits per heavy atom. The van der Waals surface area contributed by atoms with Gasteiger partial charge in [0.15, 0.2) is 0 Å². The number of nitrogens with two attached hydrogens (primary N) is 1. The van der Waals surface area contributed by atoms with Gasteiger partial charge in [0.1, 0.15) is 5.82 Å². The zero-order valence-corrected chi connectivity index (χ0v) is 10.8. The molecule has 18 heavy (non-hydrogen) atoms. The molecule has 0 saturated heterocycles. The first-order valence-electron chi connectivity index (χ1n) is 6.71. The summed E-state index contributed by atoms with van der Waals surface area (Å²) in [5, 5.41) is 0. The molecule has 98 valence electrons. The van der Waals surface area contributed by atoms with Gasteiger partial charge in [-0.25, -0.2) is 4.39 Å². The molecule has 0 atom stereocenters. The highest BCUT2D eigenvalue weighted by molar-refractivity contribution is 5.49. The number of rotatable bonds is 1. The molecular weight excluding hydrogens is 229 g/mol. The fraction of sp³-hybridized carbons (Fsp3) is 0.600. The van der Waals surface area contributed by atoms with Crippen molar-refractivity contribution < 1.29 is 9.13 Å². The zero-order chi connectivity index (χ0) is 12.8. The summed E-state index contributed by atoms with van der Waals surface area (Å²) in [6.07, 6.45) is 7.11. The van der Waals surface area contributed by atoms with Crippen LogP contribution in [0.25, 0.3) is 0 Å². The topological polar surface area (TPSA) is 35.2 Å². The predicted octanol–water partition coefficient (Wildman–Crippen LogP) is 3.08. The molecule has 0 heterocycles. The molecule has 1 spiro atoms. The Hall–Kier alpha value is -1.09. The third kappa shape index (κ3) is 1.91. The molecule has 2 aliphatic rings. The molecule has 2 nitrogen and oxygen atoms in total. The van der Waals surface area contributed by atoms with Crippen LogP contribution in [0.1, 0.15) is 36.8 Å². The molecular formula is C15H20FNO. The first kappa shape index (κ1) is 12.0. The predicted molar refractivity (Wildman–Crippen MR) is 69.9 cm³/mol. The summed E-state index contributed by atoms with van der Waals surface area (Å²) in [6, 6.07) is 3.48. The van der Waals surface area contributed by atoms with Gasteiger partial charge in [0, 0.05) is 7.11 Å². The lowest BCUT2D eigenvalue weighted by atomic mass is 9.71. The van der Waals surface area contributed by atoms with Crippen molar-refractivity contribution in [1.82, 2.24) is 0 Å². The molecule has 1 aromatic rings. The average molecular weight is 249 g/mol. The highest BCUT2D eigenvalue weighted by Gasteiger charge is 2.40. The fourth-order valence-corrected chi connectivity index (χ4v) is 3.67. The van der Waals surface area contributed by atoms with Crippen LogP contribution in [0.5, 0.6) is 0 Å². The summed E-state index contributed by atoms with van der Waals surface area (Å²) < 4.78 is 18.9. The van der Waals surface area contributed by atoms with Crippen molar-refractivity contribution in [2.45, 2.75) is 44.6 Å². The van der Waals surface area contributed by atoms with Gasteiger partial charge in [-0.1, -0.05) is 0 Å². The third-order valence-corrected chi connectivity index (χ3v) is 4.78. The maximum absolute atomic E-state index is 13.5. The van der Waals surface area contributed by atoms with E-state index in [9.17, 15) is 4.39 Å². The van der Waals surface area contributed by atoms with Gasteiger partial charge in [-0.15, -0.1) is 0 Å². The van der Waals surface area contributed by atoms with Crippen molar-refractivity contribution in [1.29, 1.82) is 0 Å². The standard InChI is InChI=1S/C15H20FNO/c1-18-12-2-4-15(5-3-12)8-10-6-13(16)14(17)7-11(10)9-15/h6-7,12H,2-5,8-9,17H2,1H3. The molecule has 2 aliphatic carbocycles. The van der Waals surface area contributed by atoms with Crippen LogP contribution in [0, 0.1) is 11.2 Å². The average Bonchev–Trinajstić information content (AvgIpc) is 2.68. The van der Waals surface area contributed by atoms with Crippen molar-refractivity contribution >= 4 is 5.69 Å². The van der Waals surface area contributed by atoms with Crippen LogP contribution >= 0.6 is 0 Å². The van der Waals surface area contributed by atoms with Gasteiger partial charge in [-0.2, -0.15) is 0 Å². The van der Waals surface area contributed by atoms with Crippen LogP contribution in [0.4, 0.5) is 10.1 Å². The number of nitrogen functional groups attached to an aromatic ring is 1. The Labute approximate surface area is 107 Å². The lowest BCUT2D eigenvalue weighted by Crippen LogP contribution is -2.31. The van der Waals surface area contributed by atoms with E-state index in [1.807, 2.05) is 6.07 Å². The number of anilines is 1. The lowest BCUT2D eigenvalue weighted by Gasteiger charge is -2.36. The highest BCUT2D eigenvalue weighted by Crippen LogP contribution is 2.48. The molecule has 1 saturated carbocycles. The van der Waals surface area contributed by atoms with E-state index in [1.54, 1.807) is 13.2 Å². The molecule has 1 aromatic carbocycles.